The lowest BCUT2D eigenvalue weighted by atomic mass is 10.3. The van der Waals surface area contributed by atoms with E-state index < -0.39 is 0 Å². The van der Waals surface area contributed by atoms with E-state index in [4.69, 9.17) is 22.6 Å². The predicted octanol–water partition coefficient (Wildman–Crippen LogP) is 3.34. The standard InChI is InChI=1S/C12H8ClN3S/c13-8-2-1-3-9(6-8)17-12-5-4-10(15)11(7-14)16-12/h1-6H,15H2. The highest BCUT2D eigenvalue weighted by Crippen LogP contribution is 2.28. The van der Waals surface area contributed by atoms with E-state index in [1.807, 2.05) is 30.3 Å². The topological polar surface area (TPSA) is 62.7 Å². The second-order valence-corrected chi connectivity index (χ2v) is 4.79. The molecule has 0 atom stereocenters. The molecule has 3 nitrogen and oxygen atoms in total. The minimum absolute atomic E-state index is 0.247. The molecule has 0 saturated carbocycles. The summed E-state index contributed by atoms with van der Waals surface area (Å²) in [4.78, 5) is 5.12. The normalized spacial score (nSPS) is 9.88. The van der Waals surface area contributed by atoms with Crippen molar-refractivity contribution in [2.24, 2.45) is 0 Å². The lowest BCUT2D eigenvalue weighted by molar-refractivity contribution is 1.11. The molecule has 1 heterocycles. The number of rotatable bonds is 2. The maximum absolute atomic E-state index is 8.83. The molecular weight excluding hydrogens is 254 g/mol. The Morgan fingerprint density at radius 3 is 2.82 bits per heavy atom. The molecule has 17 heavy (non-hydrogen) atoms. The predicted molar refractivity (Wildman–Crippen MR) is 68.9 cm³/mol. The van der Waals surface area contributed by atoms with Gasteiger partial charge in [0, 0.05) is 9.92 Å². The lowest BCUT2D eigenvalue weighted by Gasteiger charge is -2.03. The van der Waals surface area contributed by atoms with Crippen LogP contribution in [0.1, 0.15) is 5.69 Å². The summed E-state index contributed by atoms with van der Waals surface area (Å²) in [6, 6.07) is 12.9. The van der Waals surface area contributed by atoms with Crippen LogP contribution in [0.25, 0.3) is 0 Å². The van der Waals surface area contributed by atoms with Crippen LogP contribution in [-0.4, -0.2) is 4.98 Å². The summed E-state index contributed by atoms with van der Waals surface area (Å²) in [7, 11) is 0. The van der Waals surface area contributed by atoms with Gasteiger partial charge in [-0.2, -0.15) is 5.26 Å². The van der Waals surface area contributed by atoms with Crippen LogP contribution in [0.15, 0.2) is 46.3 Å². The molecule has 0 fully saturated rings. The monoisotopic (exact) mass is 261 g/mol. The molecule has 1 aromatic carbocycles. The third-order valence-corrected chi connectivity index (χ3v) is 3.19. The zero-order valence-electron chi connectivity index (χ0n) is 8.72. The van der Waals surface area contributed by atoms with E-state index >= 15 is 0 Å². The van der Waals surface area contributed by atoms with Crippen molar-refractivity contribution in [2.45, 2.75) is 9.92 Å². The first-order valence-electron chi connectivity index (χ1n) is 4.79. The van der Waals surface area contributed by atoms with Crippen molar-refractivity contribution >= 4 is 29.1 Å². The number of benzene rings is 1. The van der Waals surface area contributed by atoms with Crippen LogP contribution < -0.4 is 5.73 Å². The van der Waals surface area contributed by atoms with Gasteiger partial charge in [0.15, 0.2) is 5.69 Å². The summed E-state index contributed by atoms with van der Waals surface area (Å²) >= 11 is 7.33. The zero-order valence-corrected chi connectivity index (χ0v) is 10.3. The van der Waals surface area contributed by atoms with Gasteiger partial charge in [-0.1, -0.05) is 29.4 Å². The van der Waals surface area contributed by atoms with Crippen molar-refractivity contribution in [1.29, 1.82) is 5.26 Å². The van der Waals surface area contributed by atoms with Gasteiger partial charge in [0.1, 0.15) is 11.1 Å². The first kappa shape index (κ1) is 11.8. The Morgan fingerprint density at radius 2 is 2.12 bits per heavy atom. The van der Waals surface area contributed by atoms with E-state index in [0.29, 0.717) is 10.7 Å². The molecule has 0 unspecified atom stereocenters. The lowest BCUT2D eigenvalue weighted by Crippen LogP contribution is -1.94. The summed E-state index contributed by atoms with van der Waals surface area (Å²) < 4.78 is 0. The number of nitriles is 1. The van der Waals surface area contributed by atoms with Crippen molar-refractivity contribution in [3.05, 3.63) is 47.1 Å². The van der Waals surface area contributed by atoms with Gasteiger partial charge in [-0.25, -0.2) is 4.98 Å². The van der Waals surface area contributed by atoms with Crippen LogP contribution in [0.5, 0.6) is 0 Å². The number of pyridine rings is 1. The first-order valence-corrected chi connectivity index (χ1v) is 5.98. The highest BCUT2D eigenvalue weighted by molar-refractivity contribution is 7.99. The zero-order chi connectivity index (χ0) is 12.3. The third-order valence-electron chi connectivity index (χ3n) is 2.03. The quantitative estimate of drug-likeness (QED) is 0.901. The number of nitrogens with two attached hydrogens (primary N) is 1. The maximum atomic E-state index is 8.83. The Bertz CT molecular complexity index is 593. The average Bonchev–Trinajstić information content (AvgIpc) is 2.32. The van der Waals surface area contributed by atoms with Gasteiger partial charge < -0.3 is 5.73 Å². The van der Waals surface area contributed by atoms with Crippen molar-refractivity contribution in [1.82, 2.24) is 4.98 Å². The summed E-state index contributed by atoms with van der Waals surface area (Å²) in [5.41, 5.74) is 6.24. The van der Waals surface area contributed by atoms with E-state index in [-0.39, 0.29) is 5.69 Å². The molecular formula is C12H8ClN3S. The molecule has 84 valence electrons. The van der Waals surface area contributed by atoms with Crippen LogP contribution in [0.2, 0.25) is 5.02 Å². The third kappa shape index (κ3) is 2.90. The second-order valence-electron chi connectivity index (χ2n) is 3.26. The smallest absolute Gasteiger partial charge is 0.164 e. The van der Waals surface area contributed by atoms with Gasteiger partial charge in [0.05, 0.1) is 5.69 Å². The molecule has 2 rings (SSSR count). The van der Waals surface area contributed by atoms with Crippen LogP contribution >= 0.6 is 23.4 Å². The molecule has 5 heteroatoms. The molecule has 0 radical (unpaired) electrons. The van der Waals surface area contributed by atoms with E-state index in [2.05, 4.69) is 4.98 Å². The van der Waals surface area contributed by atoms with E-state index in [1.54, 1.807) is 12.1 Å². The van der Waals surface area contributed by atoms with Crippen LogP contribution in [0.3, 0.4) is 0 Å². The van der Waals surface area contributed by atoms with Crippen molar-refractivity contribution in [2.75, 3.05) is 5.73 Å². The SMILES string of the molecule is N#Cc1nc(Sc2cccc(Cl)c2)ccc1N. The average molecular weight is 262 g/mol. The van der Waals surface area contributed by atoms with Gasteiger partial charge in [0.25, 0.3) is 0 Å². The Balaban J connectivity index is 2.28. The van der Waals surface area contributed by atoms with E-state index in [1.165, 1.54) is 11.8 Å². The summed E-state index contributed by atoms with van der Waals surface area (Å²) in [6.07, 6.45) is 0. The van der Waals surface area contributed by atoms with Crippen molar-refractivity contribution in [3.8, 4) is 6.07 Å². The molecule has 0 aliphatic carbocycles. The summed E-state index contributed by atoms with van der Waals surface area (Å²) in [5, 5.41) is 10.2. The van der Waals surface area contributed by atoms with Gasteiger partial charge in [0.2, 0.25) is 0 Å². The summed E-state index contributed by atoms with van der Waals surface area (Å²) in [5.74, 6) is 0. The molecule has 1 aromatic heterocycles. The second kappa shape index (κ2) is 5.09. The number of aromatic nitrogens is 1. The number of anilines is 1. The van der Waals surface area contributed by atoms with Gasteiger partial charge in [-0.15, -0.1) is 0 Å². The largest absolute Gasteiger partial charge is 0.396 e. The van der Waals surface area contributed by atoms with E-state index in [0.717, 1.165) is 9.92 Å². The van der Waals surface area contributed by atoms with Crippen LogP contribution in [0.4, 0.5) is 5.69 Å². The Hall–Kier alpha value is -1.70. The molecule has 2 aromatic rings. The molecule has 2 N–H and O–H groups in total. The molecule has 0 amide bonds. The maximum Gasteiger partial charge on any atom is 0.164 e. The molecule has 0 aliphatic rings. The van der Waals surface area contributed by atoms with Gasteiger partial charge >= 0.3 is 0 Å². The summed E-state index contributed by atoms with van der Waals surface area (Å²) in [6.45, 7) is 0. The number of hydrogen-bond acceptors (Lipinski definition) is 4. The van der Waals surface area contributed by atoms with Crippen LogP contribution in [-0.2, 0) is 0 Å². The number of nitrogens with zero attached hydrogens (tertiary/aromatic N) is 2. The minimum Gasteiger partial charge on any atom is -0.396 e. The minimum atomic E-state index is 0.247. The fraction of sp³-hybridized carbons (Fsp3) is 0. The van der Waals surface area contributed by atoms with E-state index in [9.17, 15) is 0 Å². The van der Waals surface area contributed by atoms with Gasteiger partial charge in [-0.05, 0) is 30.3 Å². The fourth-order valence-corrected chi connectivity index (χ4v) is 2.35. The Labute approximate surface area is 108 Å². The van der Waals surface area contributed by atoms with Crippen molar-refractivity contribution < 1.29 is 0 Å². The van der Waals surface area contributed by atoms with Crippen molar-refractivity contribution in [3.63, 3.8) is 0 Å². The number of hydrogen-bond donors (Lipinski definition) is 1. The molecule has 0 saturated heterocycles. The molecule has 0 aliphatic heterocycles. The highest BCUT2D eigenvalue weighted by Gasteiger charge is 2.04. The number of nitrogen functional groups attached to an aromatic ring is 1. The van der Waals surface area contributed by atoms with Crippen LogP contribution in [0, 0.1) is 11.3 Å². The molecule has 0 bridgehead atoms. The fourth-order valence-electron chi connectivity index (χ4n) is 1.25. The highest BCUT2D eigenvalue weighted by atomic mass is 35.5. The first-order chi connectivity index (χ1) is 8.19. The number of halogens is 1. The Morgan fingerprint density at radius 1 is 1.29 bits per heavy atom. The Kier molecular flexibility index (Phi) is 3.52. The van der Waals surface area contributed by atoms with Gasteiger partial charge in [-0.3, -0.25) is 0 Å². The molecule has 0 spiro atoms.